The van der Waals surface area contributed by atoms with Crippen LogP contribution in [0.2, 0.25) is 0 Å². The second-order valence-electron chi connectivity index (χ2n) is 5.65. The van der Waals surface area contributed by atoms with Gasteiger partial charge in [-0.2, -0.15) is 0 Å². The third kappa shape index (κ3) is 3.38. The van der Waals surface area contributed by atoms with Crippen molar-refractivity contribution < 1.29 is 13.9 Å². The van der Waals surface area contributed by atoms with Crippen LogP contribution in [0.5, 0.6) is 0 Å². The molecule has 3 rings (SSSR count). The molecule has 1 heterocycles. The normalized spacial score (nSPS) is 10.8. The summed E-state index contributed by atoms with van der Waals surface area (Å²) in [5.41, 5.74) is 3.17. The average molecular weight is 322 g/mol. The van der Waals surface area contributed by atoms with Crippen molar-refractivity contribution in [1.29, 1.82) is 0 Å². The minimum atomic E-state index is -0.252. The van der Waals surface area contributed by atoms with Crippen molar-refractivity contribution in [3.05, 3.63) is 69.9 Å². The summed E-state index contributed by atoms with van der Waals surface area (Å²) in [6, 6.07) is 14.4. The zero-order chi connectivity index (χ0) is 17.1. The Kier molecular flexibility index (Phi) is 4.47. The first-order chi connectivity index (χ1) is 11.6. The van der Waals surface area contributed by atoms with Crippen LogP contribution in [0.3, 0.4) is 0 Å². The van der Waals surface area contributed by atoms with Gasteiger partial charge in [0.25, 0.3) is 0 Å². The largest absolute Gasteiger partial charge is 0.466 e. The molecule has 24 heavy (non-hydrogen) atoms. The number of esters is 1. The van der Waals surface area contributed by atoms with Crippen LogP contribution in [0, 0.1) is 6.92 Å². The Balaban J connectivity index is 1.92. The molecule has 1 aromatic heterocycles. The molecule has 0 N–H and O–H groups in total. The van der Waals surface area contributed by atoms with Crippen LogP contribution in [-0.2, 0) is 16.0 Å². The number of hydrogen-bond acceptors (Lipinski definition) is 4. The summed E-state index contributed by atoms with van der Waals surface area (Å²) in [6.45, 7) is 4.10. The van der Waals surface area contributed by atoms with Gasteiger partial charge in [0.2, 0.25) is 0 Å². The Bertz CT molecular complexity index is 936. The molecule has 0 radical (unpaired) electrons. The molecular formula is C20H18O4. The molecule has 3 aromatic rings. The molecule has 0 atom stereocenters. The van der Waals surface area contributed by atoms with Gasteiger partial charge in [0.15, 0.2) is 5.43 Å². The SMILES string of the molecule is CCOC(=O)Cc1ccc(-c2cc(=O)c3cc(C)ccc3o2)cc1. The lowest BCUT2D eigenvalue weighted by molar-refractivity contribution is -0.142. The van der Waals surface area contributed by atoms with Gasteiger partial charge in [-0.3, -0.25) is 9.59 Å². The number of rotatable bonds is 4. The summed E-state index contributed by atoms with van der Waals surface area (Å²) in [5.74, 6) is 0.261. The monoisotopic (exact) mass is 322 g/mol. The molecule has 0 saturated carbocycles. The Morgan fingerprint density at radius 2 is 1.83 bits per heavy atom. The summed E-state index contributed by atoms with van der Waals surface area (Å²) in [6.07, 6.45) is 0.231. The van der Waals surface area contributed by atoms with Gasteiger partial charge in [0.05, 0.1) is 18.4 Å². The molecule has 4 heteroatoms. The topological polar surface area (TPSA) is 56.5 Å². The van der Waals surface area contributed by atoms with Crippen LogP contribution in [0.25, 0.3) is 22.3 Å². The molecule has 0 aliphatic carbocycles. The van der Waals surface area contributed by atoms with Crippen molar-refractivity contribution in [2.45, 2.75) is 20.3 Å². The van der Waals surface area contributed by atoms with E-state index in [4.69, 9.17) is 9.15 Å². The Hall–Kier alpha value is -2.88. The average Bonchev–Trinajstić information content (AvgIpc) is 2.56. The number of benzene rings is 2. The van der Waals surface area contributed by atoms with Crippen LogP contribution < -0.4 is 5.43 Å². The fourth-order valence-corrected chi connectivity index (χ4v) is 2.58. The van der Waals surface area contributed by atoms with Crippen LogP contribution in [0.4, 0.5) is 0 Å². The predicted octanol–water partition coefficient (Wildman–Crippen LogP) is 3.87. The Labute approximate surface area is 139 Å². The molecule has 0 bridgehead atoms. The van der Waals surface area contributed by atoms with Crippen molar-refractivity contribution in [1.82, 2.24) is 0 Å². The summed E-state index contributed by atoms with van der Waals surface area (Å²) < 4.78 is 10.8. The van der Waals surface area contributed by atoms with E-state index in [1.54, 1.807) is 6.92 Å². The highest BCUT2D eigenvalue weighted by Gasteiger charge is 2.08. The van der Waals surface area contributed by atoms with Gasteiger partial charge in [-0.15, -0.1) is 0 Å². The minimum absolute atomic E-state index is 0.0643. The van der Waals surface area contributed by atoms with E-state index in [9.17, 15) is 9.59 Å². The molecule has 0 spiro atoms. The maximum absolute atomic E-state index is 12.3. The van der Waals surface area contributed by atoms with Crippen molar-refractivity contribution in [3.63, 3.8) is 0 Å². The Morgan fingerprint density at radius 3 is 2.54 bits per heavy atom. The van der Waals surface area contributed by atoms with Gasteiger partial charge in [-0.05, 0) is 31.5 Å². The molecule has 0 saturated heterocycles. The second-order valence-corrected chi connectivity index (χ2v) is 5.65. The first kappa shape index (κ1) is 16.0. The van der Waals surface area contributed by atoms with Crippen molar-refractivity contribution in [2.75, 3.05) is 6.61 Å². The van der Waals surface area contributed by atoms with E-state index in [0.717, 1.165) is 16.7 Å². The van der Waals surface area contributed by atoms with Gasteiger partial charge in [0, 0.05) is 11.6 Å². The summed E-state index contributed by atoms with van der Waals surface area (Å²) in [7, 11) is 0. The molecule has 122 valence electrons. The van der Waals surface area contributed by atoms with E-state index in [-0.39, 0.29) is 17.8 Å². The smallest absolute Gasteiger partial charge is 0.310 e. The van der Waals surface area contributed by atoms with Gasteiger partial charge < -0.3 is 9.15 Å². The summed E-state index contributed by atoms with van der Waals surface area (Å²) in [5, 5.41) is 0.581. The van der Waals surface area contributed by atoms with E-state index < -0.39 is 0 Å². The van der Waals surface area contributed by atoms with E-state index in [1.165, 1.54) is 6.07 Å². The lowest BCUT2D eigenvalue weighted by Gasteiger charge is -2.06. The molecule has 0 aliphatic rings. The number of ether oxygens (including phenoxy) is 1. The van der Waals surface area contributed by atoms with E-state index in [1.807, 2.05) is 49.4 Å². The highest BCUT2D eigenvalue weighted by atomic mass is 16.5. The van der Waals surface area contributed by atoms with Crippen molar-refractivity contribution >= 4 is 16.9 Å². The molecule has 0 aliphatic heterocycles. The van der Waals surface area contributed by atoms with Crippen molar-refractivity contribution in [3.8, 4) is 11.3 Å². The van der Waals surface area contributed by atoms with Crippen LogP contribution >= 0.6 is 0 Å². The first-order valence-corrected chi connectivity index (χ1v) is 7.86. The van der Waals surface area contributed by atoms with Crippen LogP contribution in [0.1, 0.15) is 18.1 Å². The molecule has 4 nitrogen and oxygen atoms in total. The van der Waals surface area contributed by atoms with E-state index in [2.05, 4.69) is 0 Å². The quantitative estimate of drug-likeness (QED) is 0.684. The maximum Gasteiger partial charge on any atom is 0.310 e. The molecule has 0 fully saturated rings. The summed E-state index contributed by atoms with van der Waals surface area (Å²) >= 11 is 0. The fourth-order valence-electron chi connectivity index (χ4n) is 2.58. The number of carbonyl (C=O) groups excluding carboxylic acids is 1. The minimum Gasteiger partial charge on any atom is -0.466 e. The predicted molar refractivity (Wildman–Crippen MR) is 93.0 cm³/mol. The lowest BCUT2D eigenvalue weighted by atomic mass is 10.1. The zero-order valence-electron chi connectivity index (χ0n) is 13.7. The lowest BCUT2D eigenvalue weighted by Crippen LogP contribution is -2.07. The molecule has 2 aromatic carbocycles. The zero-order valence-corrected chi connectivity index (χ0v) is 13.7. The number of hydrogen-bond donors (Lipinski definition) is 0. The number of carbonyl (C=O) groups is 1. The van der Waals surface area contributed by atoms with Gasteiger partial charge in [0.1, 0.15) is 11.3 Å². The molecule has 0 amide bonds. The fraction of sp³-hybridized carbons (Fsp3) is 0.200. The summed E-state index contributed by atoms with van der Waals surface area (Å²) in [4.78, 5) is 23.8. The van der Waals surface area contributed by atoms with Crippen molar-refractivity contribution in [2.24, 2.45) is 0 Å². The molecule has 0 unspecified atom stereocenters. The molecular weight excluding hydrogens is 304 g/mol. The highest BCUT2D eigenvalue weighted by Crippen LogP contribution is 2.23. The standard InChI is InChI=1S/C20H18O4/c1-3-23-20(22)11-14-5-7-15(8-6-14)19-12-17(21)16-10-13(2)4-9-18(16)24-19/h4-10,12H,3,11H2,1-2H3. The first-order valence-electron chi connectivity index (χ1n) is 7.86. The third-order valence-electron chi connectivity index (χ3n) is 3.77. The maximum atomic E-state index is 12.3. The third-order valence-corrected chi connectivity index (χ3v) is 3.77. The van der Waals surface area contributed by atoms with Gasteiger partial charge >= 0.3 is 5.97 Å². The van der Waals surface area contributed by atoms with E-state index >= 15 is 0 Å². The number of fused-ring (bicyclic) bond motifs is 1. The second kappa shape index (κ2) is 6.71. The van der Waals surface area contributed by atoms with Gasteiger partial charge in [-0.1, -0.05) is 35.9 Å². The number of aryl methyl sites for hydroxylation is 1. The van der Waals surface area contributed by atoms with E-state index in [0.29, 0.717) is 23.3 Å². The van der Waals surface area contributed by atoms with Crippen LogP contribution in [-0.4, -0.2) is 12.6 Å². The van der Waals surface area contributed by atoms with Crippen LogP contribution in [0.15, 0.2) is 57.7 Å². The Morgan fingerprint density at radius 1 is 1.08 bits per heavy atom. The highest BCUT2D eigenvalue weighted by molar-refractivity contribution is 5.79. The van der Waals surface area contributed by atoms with Gasteiger partial charge in [-0.25, -0.2) is 0 Å².